The van der Waals surface area contributed by atoms with E-state index in [4.69, 9.17) is 9.88 Å². The topological polar surface area (TPSA) is 69.4 Å². The number of nitrogens with two attached hydrogens (primary N) is 1. The smallest absolute Gasteiger partial charge is 0.209 e. The van der Waals surface area contributed by atoms with Gasteiger partial charge in [0.05, 0.1) is 5.75 Å². The first-order chi connectivity index (χ1) is 6.95. The number of sulfonamides is 1. The Balaban J connectivity index is 3.25. The van der Waals surface area contributed by atoms with Crippen molar-refractivity contribution in [2.24, 2.45) is 11.1 Å². The summed E-state index contributed by atoms with van der Waals surface area (Å²) in [5.41, 5.74) is 0. The molecule has 0 bridgehead atoms. The molecule has 1 unspecified atom stereocenters. The third kappa shape index (κ3) is 11.8. The Labute approximate surface area is 93.2 Å². The normalized spacial score (nSPS) is 14.1. The van der Waals surface area contributed by atoms with Crippen LogP contribution in [0.5, 0.6) is 0 Å². The monoisotopic (exact) mass is 237 g/mol. The van der Waals surface area contributed by atoms with Gasteiger partial charge in [0.1, 0.15) is 0 Å². The molecule has 0 fully saturated rings. The van der Waals surface area contributed by atoms with Gasteiger partial charge in [-0.3, -0.25) is 0 Å². The third-order valence-electron chi connectivity index (χ3n) is 2.15. The predicted octanol–water partition coefficient (Wildman–Crippen LogP) is 1.51. The average Bonchev–Trinajstić information content (AvgIpc) is 2.09. The van der Waals surface area contributed by atoms with Gasteiger partial charge < -0.3 is 4.74 Å². The van der Waals surface area contributed by atoms with Crippen molar-refractivity contribution in [1.29, 1.82) is 0 Å². The molecule has 0 heterocycles. The van der Waals surface area contributed by atoms with Crippen molar-refractivity contribution in [2.75, 3.05) is 19.0 Å². The lowest BCUT2D eigenvalue weighted by Crippen LogP contribution is -2.16. The predicted molar refractivity (Wildman–Crippen MR) is 62.1 cm³/mol. The molecular formula is C10H23NO3S. The summed E-state index contributed by atoms with van der Waals surface area (Å²) >= 11 is 0. The standard InChI is InChI=1S/C10H23NO3S/c1-3-6-10(2)9-14-7-4-5-8-15(11,12)13/h10H,3-9H2,1-2H3,(H2,11,12,13). The van der Waals surface area contributed by atoms with Crippen LogP contribution >= 0.6 is 0 Å². The first kappa shape index (κ1) is 14.9. The van der Waals surface area contributed by atoms with E-state index in [0.717, 1.165) is 13.0 Å². The van der Waals surface area contributed by atoms with Crippen molar-refractivity contribution in [3.63, 3.8) is 0 Å². The molecule has 0 rings (SSSR count). The maximum absolute atomic E-state index is 10.6. The van der Waals surface area contributed by atoms with Gasteiger partial charge in [0.25, 0.3) is 0 Å². The molecule has 0 aliphatic rings. The fourth-order valence-corrected chi connectivity index (χ4v) is 1.97. The molecule has 2 N–H and O–H groups in total. The van der Waals surface area contributed by atoms with E-state index in [1.165, 1.54) is 12.8 Å². The van der Waals surface area contributed by atoms with Crippen LogP contribution in [0.15, 0.2) is 0 Å². The van der Waals surface area contributed by atoms with Crippen LogP contribution in [0.4, 0.5) is 0 Å². The van der Waals surface area contributed by atoms with E-state index in [1.807, 2.05) is 0 Å². The van der Waals surface area contributed by atoms with Crippen molar-refractivity contribution in [3.05, 3.63) is 0 Å². The Morgan fingerprint density at radius 2 is 2.00 bits per heavy atom. The highest BCUT2D eigenvalue weighted by molar-refractivity contribution is 7.89. The van der Waals surface area contributed by atoms with Crippen LogP contribution in [-0.4, -0.2) is 27.4 Å². The molecule has 1 atom stereocenters. The Bertz CT molecular complexity index is 239. The lowest BCUT2D eigenvalue weighted by atomic mass is 10.1. The van der Waals surface area contributed by atoms with Crippen molar-refractivity contribution in [2.45, 2.75) is 39.5 Å². The summed E-state index contributed by atoms with van der Waals surface area (Å²) < 4.78 is 26.6. The van der Waals surface area contributed by atoms with E-state index in [1.54, 1.807) is 0 Å². The number of ether oxygens (including phenoxy) is 1. The fourth-order valence-electron chi connectivity index (χ4n) is 1.37. The van der Waals surface area contributed by atoms with E-state index < -0.39 is 10.0 Å². The van der Waals surface area contributed by atoms with Crippen LogP contribution in [-0.2, 0) is 14.8 Å². The van der Waals surface area contributed by atoms with Crippen LogP contribution in [0, 0.1) is 5.92 Å². The second kappa shape index (κ2) is 8.07. The maximum atomic E-state index is 10.6. The first-order valence-corrected chi connectivity index (χ1v) is 7.25. The van der Waals surface area contributed by atoms with Crippen LogP contribution < -0.4 is 5.14 Å². The van der Waals surface area contributed by atoms with Gasteiger partial charge in [-0.1, -0.05) is 20.3 Å². The lowest BCUT2D eigenvalue weighted by molar-refractivity contribution is 0.0995. The van der Waals surface area contributed by atoms with Gasteiger partial charge in [0.2, 0.25) is 10.0 Å². The van der Waals surface area contributed by atoms with Gasteiger partial charge >= 0.3 is 0 Å². The third-order valence-corrected chi connectivity index (χ3v) is 3.01. The zero-order valence-corrected chi connectivity index (χ0v) is 10.6. The zero-order chi connectivity index (χ0) is 11.7. The van der Waals surface area contributed by atoms with Crippen molar-refractivity contribution < 1.29 is 13.2 Å². The summed E-state index contributed by atoms with van der Waals surface area (Å²) in [6, 6.07) is 0. The summed E-state index contributed by atoms with van der Waals surface area (Å²) in [7, 11) is -3.29. The number of hydrogen-bond donors (Lipinski definition) is 1. The fraction of sp³-hybridized carbons (Fsp3) is 1.00. The highest BCUT2D eigenvalue weighted by atomic mass is 32.2. The van der Waals surface area contributed by atoms with E-state index >= 15 is 0 Å². The SMILES string of the molecule is CCCC(C)COCCCCS(N)(=O)=O. The maximum Gasteiger partial charge on any atom is 0.209 e. The molecule has 92 valence electrons. The van der Waals surface area contributed by atoms with Crippen LogP contribution in [0.3, 0.4) is 0 Å². The van der Waals surface area contributed by atoms with E-state index in [-0.39, 0.29) is 5.75 Å². The van der Waals surface area contributed by atoms with Gasteiger partial charge in [-0.05, 0) is 25.2 Å². The van der Waals surface area contributed by atoms with Gasteiger partial charge in [-0.25, -0.2) is 13.6 Å². The summed E-state index contributed by atoms with van der Waals surface area (Å²) in [4.78, 5) is 0. The molecule has 4 nitrogen and oxygen atoms in total. The summed E-state index contributed by atoms with van der Waals surface area (Å²) in [6.07, 6.45) is 3.70. The number of primary sulfonamides is 1. The van der Waals surface area contributed by atoms with Gasteiger partial charge in [0.15, 0.2) is 0 Å². The quantitative estimate of drug-likeness (QED) is 0.618. The molecule has 0 aromatic rings. The second-order valence-electron chi connectivity index (χ2n) is 4.04. The Hall–Kier alpha value is -0.130. The first-order valence-electron chi connectivity index (χ1n) is 5.54. The van der Waals surface area contributed by atoms with E-state index in [0.29, 0.717) is 18.9 Å². The minimum atomic E-state index is -3.29. The Kier molecular flexibility index (Phi) is 8.00. The summed E-state index contributed by atoms with van der Waals surface area (Å²) in [5, 5.41) is 4.87. The molecule has 5 heteroatoms. The second-order valence-corrected chi connectivity index (χ2v) is 5.78. The van der Waals surface area contributed by atoms with Crippen LogP contribution in [0.25, 0.3) is 0 Å². The number of hydrogen-bond acceptors (Lipinski definition) is 3. The van der Waals surface area contributed by atoms with Crippen molar-refractivity contribution in [3.8, 4) is 0 Å². The molecule has 0 amide bonds. The average molecular weight is 237 g/mol. The molecular weight excluding hydrogens is 214 g/mol. The van der Waals surface area contributed by atoms with Gasteiger partial charge in [-0.15, -0.1) is 0 Å². The molecule has 0 saturated heterocycles. The molecule has 15 heavy (non-hydrogen) atoms. The Morgan fingerprint density at radius 3 is 2.53 bits per heavy atom. The van der Waals surface area contributed by atoms with Crippen molar-refractivity contribution >= 4 is 10.0 Å². The minimum absolute atomic E-state index is 0.0564. The summed E-state index contributed by atoms with van der Waals surface area (Å²) in [5.74, 6) is 0.647. The summed E-state index contributed by atoms with van der Waals surface area (Å²) in [6.45, 7) is 5.71. The van der Waals surface area contributed by atoms with E-state index in [9.17, 15) is 8.42 Å². The lowest BCUT2D eigenvalue weighted by Gasteiger charge is -2.10. The van der Waals surface area contributed by atoms with Gasteiger partial charge in [-0.2, -0.15) is 0 Å². The van der Waals surface area contributed by atoms with Crippen molar-refractivity contribution in [1.82, 2.24) is 0 Å². The molecule has 0 spiro atoms. The van der Waals surface area contributed by atoms with Gasteiger partial charge in [0, 0.05) is 13.2 Å². The Morgan fingerprint density at radius 1 is 1.33 bits per heavy atom. The zero-order valence-electron chi connectivity index (χ0n) is 9.74. The molecule has 0 saturated carbocycles. The molecule has 0 aromatic heterocycles. The van der Waals surface area contributed by atoms with E-state index in [2.05, 4.69) is 13.8 Å². The van der Waals surface area contributed by atoms with Crippen LogP contribution in [0.1, 0.15) is 39.5 Å². The largest absolute Gasteiger partial charge is 0.381 e. The number of unbranched alkanes of at least 4 members (excludes halogenated alkanes) is 1. The highest BCUT2D eigenvalue weighted by Gasteiger charge is 2.03. The molecule has 0 aromatic carbocycles. The van der Waals surface area contributed by atoms with Crippen LogP contribution in [0.2, 0.25) is 0 Å². The number of rotatable bonds is 9. The highest BCUT2D eigenvalue weighted by Crippen LogP contribution is 2.05. The molecule has 0 aliphatic carbocycles. The molecule has 0 radical (unpaired) electrons. The molecule has 0 aliphatic heterocycles. The minimum Gasteiger partial charge on any atom is -0.381 e.